The van der Waals surface area contributed by atoms with Crippen LogP contribution < -0.4 is 5.32 Å². The van der Waals surface area contributed by atoms with Crippen LogP contribution in [0.25, 0.3) is 0 Å². The second-order valence-electron chi connectivity index (χ2n) is 4.10. The van der Waals surface area contributed by atoms with Gasteiger partial charge in [0.2, 0.25) is 0 Å². The summed E-state index contributed by atoms with van der Waals surface area (Å²) >= 11 is 0. The van der Waals surface area contributed by atoms with Gasteiger partial charge in [-0.05, 0) is 18.1 Å². The van der Waals surface area contributed by atoms with Gasteiger partial charge in [-0.1, -0.05) is 26.7 Å². The normalized spacial score (nSPS) is 10.4. The van der Waals surface area contributed by atoms with E-state index in [1.807, 2.05) is 0 Å². The number of carbonyl (C=O) groups excluding carboxylic acids is 1. The van der Waals surface area contributed by atoms with Crippen LogP contribution in [0.2, 0.25) is 0 Å². The fourth-order valence-corrected chi connectivity index (χ4v) is 1.66. The molecule has 0 saturated carbocycles. The van der Waals surface area contributed by atoms with Crippen molar-refractivity contribution in [1.82, 2.24) is 10.3 Å². The fourth-order valence-electron chi connectivity index (χ4n) is 1.66. The molecule has 5 heteroatoms. The molecule has 0 radical (unpaired) electrons. The Bertz CT molecular complexity index is 428. The zero-order valence-corrected chi connectivity index (χ0v) is 10.6. The monoisotopic (exact) mass is 250 g/mol. The molecular weight excluding hydrogens is 232 g/mol. The number of carbonyl (C=O) groups is 2. The van der Waals surface area contributed by atoms with E-state index in [0.717, 1.165) is 12.8 Å². The third-order valence-electron chi connectivity index (χ3n) is 2.96. The predicted octanol–water partition coefficient (Wildman–Crippen LogP) is 1.95. The van der Waals surface area contributed by atoms with Gasteiger partial charge in [0, 0.05) is 12.7 Å². The topological polar surface area (TPSA) is 79.3 Å². The summed E-state index contributed by atoms with van der Waals surface area (Å²) in [6.07, 6.45) is 3.37. The fraction of sp³-hybridized carbons (Fsp3) is 0.462. The molecule has 1 heterocycles. The molecule has 0 aliphatic carbocycles. The van der Waals surface area contributed by atoms with Crippen molar-refractivity contribution < 1.29 is 14.7 Å². The number of carboxylic acids is 1. The molecule has 0 aliphatic rings. The summed E-state index contributed by atoms with van der Waals surface area (Å²) in [7, 11) is 0. The van der Waals surface area contributed by atoms with E-state index in [4.69, 9.17) is 5.11 Å². The number of hydrogen-bond donors (Lipinski definition) is 2. The molecule has 0 bridgehead atoms. The molecule has 0 unspecified atom stereocenters. The number of nitrogens with zero attached hydrogens (tertiary/aromatic N) is 1. The Morgan fingerprint density at radius 3 is 2.61 bits per heavy atom. The number of pyridine rings is 1. The van der Waals surface area contributed by atoms with E-state index in [1.54, 1.807) is 0 Å². The highest BCUT2D eigenvalue weighted by atomic mass is 16.4. The molecule has 98 valence electrons. The highest BCUT2D eigenvalue weighted by Gasteiger charge is 2.17. The standard InChI is InChI=1S/C13H18N2O3/c1-3-9(4-2)8-15-12(16)11-10(13(17)18)6-5-7-14-11/h5-7,9H,3-4,8H2,1-2H3,(H,15,16)(H,17,18). The van der Waals surface area contributed by atoms with Gasteiger partial charge < -0.3 is 10.4 Å². The number of aromatic nitrogens is 1. The number of carboxylic acid groups (broad SMARTS) is 1. The van der Waals surface area contributed by atoms with E-state index in [1.165, 1.54) is 18.3 Å². The van der Waals surface area contributed by atoms with Crippen LogP contribution in [0.4, 0.5) is 0 Å². The smallest absolute Gasteiger partial charge is 0.338 e. The number of nitrogens with one attached hydrogen (secondary N) is 1. The molecule has 5 nitrogen and oxygen atoms in total. The zero-order chi connectivity index (χ0) is 13.5. The lowest BCUT2D eigenvalue weighted by atomic mass is 10.0. The van der Waals surface area contributed by atoms with Crippen molar-refractivity contribution in [2.75, 3.05) is 6.54 Å². The summed E-state index contributed by atoms with van der Waals surface area (Å²) in [5, 5.41) is 11.7. The quantitative estimate of drug-likeness (QED) is 0.808. The molecule has 1 aromatic heterocycles. The van der Waals surface area contributed by atoms with Gasteiger partial charge in [0.05, 0.1) is 5.56 Å². The first-order chi connectivity index (χ1) is 8.60. The summed E-state index contributed by atoms with van der Waals surface area (Å²) in [5.41, 5.74) is -0.101. The Hall–Kier alpha value is -1.91. The van der Waals surface area contributed by atoms with Crippen LogP contribution in [0.5, 0.6) is 0 Å². The molecule has 1 rings (SSSR count). The molecule has 18 heavy (non-hydrogen) atoms. The first-order valence-corrected chi connectivity index (χ1v) is 6.06. The van der Waals surface area contributed by atoms with Crippen molar-refractivity contribution >= 4 is 11.9 Å². The average Bonchev–Trinajstić information content (AvgIpc) is 2.39. The number of aromatic carboxylic acids is 1. The molecule has 2 N–H and O–H groups in total. The maximum atomic E-state index is 11.9. The van der Waals surface area contributed by atoms with Crippen LogP contribution >= 0.6 is 0 Å². The largest absolute Gasteiger partial charge is 0.478 e. The van der Waals surface area contributed by atoms with Gasteiger partial charge in [-0.15, -0.1) is 0 Å². The van der Waals surface area contributed by atoms with Crippen molar-refractivity contribution in [2.45, 2.75) is 26.7 Å². The van der Waals surface area contributed by atoms with Gasteiger partial charge in [-0.25, -0.2) is 4.79 Å². The van der Waals surface area contributed by atoms with Crippen molar-refractivity contribution in [3.8, 4) is 0 Å². The Morgan fingerprint density at radius 2 is 2.06 bits per heavy atom. The van der Waals surface area contributed by atoms with Gasteiger partial charge in [0.25, 0.3) is 5.91 Å². The highest BCUT2D eigenvalue weighted by Crippen LogP contribution is 2.08. The Kier molecular flexibility index (Phi) is 5.30. The second-order valence-corrected chi connectivity index (χ2v) is 4.10. The van der Waals surface area contributed by atoms with Crippen LogP contribution in [-0.4, -0.2) is 28.5 Å². The second kappa shape index (κ2) is 6.74. The molecule has 0 spiro atoms. The molecule has 1 aromatic rings. The van der Waals surface area contributed by atoms with E-state index in [-0.39, 0.29) is 11.3 Å². The molecule has 0 atom stereocenters. The Morgan fingerprint density at radius 1 is 1.39 bits per heavy atom. The zero-order valence-electron chi connectivity index (χ0n) is 10.6. The summed E-state index contributed by atoms with van der Waals surface area (Å²) < 4.78 is 0. The van der Waals surface area contributed by atoms with E-state index in [9.17, 15) is 9.59 Å². The minimum atomic E-state index is -1.14. The molecule has 0 fully saturated rings. The Balaban J connectivity index is 2.75. The molecule has 0 aliphatic heterocycles. The summed E-state index contributed by atoms with van der Waals surface area (Å²) in [6.45, 7) is 4.66. The SMILES string of the molecule is CCC(CC)CNC(=O)c1ncccc1C(=O)O. The van der Waals surface area contributed by atoms with Crippen LogP contribution in [0.3, 0.4) is 0 Å². The van der Waals surface area contributed by atoms with Gasteiger partial charge in [-0.2, -0.15) is 0 Å². The van der Waals surface area contributed by atoms with E-state index in [0.29, 0.717) is 12.5 Å². The lowest BCUT2D eigenvalue weighted by Gasteiger charge is -2.13. The number of amides is 1. The third-order valence-corrected chi connectivity index (χ3v) is 2.96. The van der Waals surface area contributed by atoms with Gasteiger partial charge in [-0.3, -0.25) is 9.78 Å². The first kappa shape index (κ1) is 14.2. The molecule has 1 amide bonds. The van der Waals surface area contributed by atoms with E-state index >= 15 is 0 Å². The number of hydrogen-bond acceptors (Lipinski definition) is 3. The van der Waals surface area contributed by atoms with Crippen molar-refractivity contribution in [3.63, 3.8) is 0 Å². The lowest BCUT2D eigenvalue weighted by molar-refractivity contribution is 0.0690. The predicted molar refractivity (Wildman–Crippen MR) is 67.6 cm³/mol. The summed E-state index contributed by atoms with van der Waals surface area (Å²) in [5.74, 6) is -1.17. The van der Waals surface area contributed by atoms with Crippen molar-refractivity contribution in [1.29, 1.82) is 0 Å². The minimum Gasteiger partial charge on any atom is -0.478 e. The molecule has 0 aromatic carbocycles. The van der Waals surface area contributed by atoms with Crippen LogP contribution in [0, 0.1) is 5.92 Å². The first-order valence-electron chi connectivity index (χ1n) is 6.06. The van der Waals surface area contributed by atoms with Crippen molar-refractivity contribution in [3.05, 3.63) is 29.6 Å². The average molecular weight is 250 g/mol. The van der Waals surface area contributed by atoms with Crippen LogP contribution in [-0.2, 0) is 0 Å². The maximum absolute atomic E-state index is 11.9. The van der Waals surface area contributed by atoms with Gasteiger partial charge in [0.15, 0.2) is 0 Å². The molecule has 0 saturated heterocycles. The summed E-state index contributed by atoms with van der Waals surface area (Å²) in [6, 6.07) is 2.88. The van der Waals surface area contributed by atoms with E-state index in [2.05, 4.69) is 24.1 Å². The van der Waals surface area contributed by atoms with Crippen LogP contribution in [0.15, 0.2) is 18.3 Å². The van der Waals surface area contributed by atoms with Crippen molar-refractivity contribution in [2.24, 2.45) is 5.92 Å². The minimum absolute atomic E-state index is 0.0315. The molecular formula is C13H18N2O3. The third kappa shape index (κ3) is 3.55. The van der Waals surface area contributed by atoms with Gasteiger partial charge >= 0.3 is 5.97 Å². The van der Waals surface area contributed by atoms with Crippen LogP contribution in [0.1, 0.15) is 47.5 Å². The number of rotatable bonds is 6. The highest BCUT2D eigenvalue weighted by molar-refractivity contribution is 6.03. The van der Waals surface area contributed by atoms with Gasteiger partial charge in [0.1, 0.15) is 5.69 Å². The lowest BCUT2D eigenvalue weighted by Crippen LogP contribution is -2.30. The maximum Gasteiger partial charge on any atom is 0.338 e. The summed E-state index contributed by atoms with van der Waals surface area (Å²) in [4.78, 5) is 26.7. The Labute approximate surface area is 106 Å². The van der Waals surface area contributed by atoms with E-state index < -0.39 is 11.9 Å².